The molecule has 0 spiro atoms. The van der Waals surface area contributed by atoms with E-state index in [0.717, 1.165) is 17.8 Å². The number of anilines is 1. The molecular formula is C14H19ClN2S. The predicted octanol–water partition coefficient (Wildman–Crippen LogP) is 3.82. The lowest BCUT2D eigenvalue weighted by Gasteiger charge is -2.22. The molecule has 0 unspecified atom stereocenters. The van der Waals surface area contributed by atoms with Crippen LogP contribution < -0.4 is 11.1 Å². The third-order valence-electron chi connectivity index (χ3n) is 4.01. The third kappa shape index (κ3) is 2.62. The van der Waals surface area contributed by atoms with Gasteiger partial charge in [-0.3, -0.25) is 0 Å². The molecule has 1 aliphatic rings. The maximum atomic E-state index is 6.15. The number of hydrogen-bond acceptors (Lipinski definition) is 2. The monoisotopic (exact) mass is 282 g/mol. The summed E-state index contributed by atoms with van der Waals surface area (Å²) in [7, 11) is 0. The molecule has 0 bridgehead atoms. The van der Waals surface area contributed by atoms with Crippen molar-refractivity contribution in [3.05, 3.63) is 28.8 Å². The van der Waals surface area contributed by atoms with E-state index in [1.807, 2.05) is 18.2 Å². The van der Waals surface area contributed by atoms with E-state index in [1.165, 1.54) is 12.8 Å². The van der Waals surface area contributed by atoms with Gasteiger partial charge < -0.3 is 11.1 Å². The zero-order valence-corrected chi connectivity index (χ0v) is 12.4. The Kier molecular flexibility index (Phi) is 3.83. The van der Waals surface area contributed by atoms with Gasteiger partial charge in [-0.1, -0.05) is 43.7 Å². The van der Waals surface area contributed by atoms with Crippen LogP contribution in [0, 0.1) is 11.3 Å². The Morgan fingerprint density at radius 2 is 2.17 bits per heavy atom. The van der Waals surface area contributed by atoms with Crippen molar-refractivity contribution in [3.63, 3.8) is 0 Å². The molecule has 1 aromatic carbocycles. The van der Waals surface area contributed by atoms with Crippen LogP contribution >= 0.6 is 23.8 Å². The molecule has 1 fully saturated rings. The molecule has 0 amide bonds. The van der Waals surface area contributed by atoms with Gasteiger partial charge >= 0.3 is 0 Å². The highest BCUT2D eigenvalue weighted by Gasteiger charge is 2.44. The van der Waals surface area contributed by atoms with Crippen molar-refractivity contribution in [2.75, 3.05) is 11.9 Å². The maximum absolute atomic E-state index is 6.15. The molecule has 4 heteroatoms. The molecule has 2 rings (SSSR count). The maximum Gasteiger partial charge on any atom is 0.107 e. The van der Waals surface area contributed by atoms with Gasteiger partial charge in [0, 0.05) is 12.2 Å². The summed E-state index contributed by atoms with van der Waals surface area (Å²) in [6, 6.07) is 5.72. The van der Waals surface area contributed by atoms with Crippen LogP contribution in [0.2, 0.25) is 5.02 Å². The number of thiocarbonyl (C=S) groups is 1. The van der Waals surface area contributed by atoms with Gasteiger partial charge in [-0.2, -0.15) is 0 Å². The van der Waals surface area contributed by atoms with Crippen molar-refractivity contribution in [2.45, 2.75) is 26.7 Å². The van der Waals surface area contributed by atoms with Crippen molar-refractivity contribution in [3.8, 4) is 0 Å². The Bertz CT molecular complexity index is 467. The SMILES string of the molecule is CC(C)C1(CNc2cccc(Cl)c2C(N)=S)CC1. The molecule has 0 aliphatic heterocycles. The van der Waals surface area contributed by atoms with Crippen molar-refractivity contribution in [1.82, 2.24) is 0 Å². The summed E-state index contributed by atoms with van der Waals surface area (Å²) >= 11 is 11.2. The Hall–Kier alpha value is -0.800. The first-order chi connectivity index (χ1) is 8.46. The summed E-state index contributed by atoms with van der Waals surface area (Å²) in [6.45, 7) is 5.52. The summed E-state index contributed by atoms with van der Waals surface area (Å²) in [6.07, 6.45) is 2.58. The van der Waals surface area contributed by atoms with Crippen LogP contribution in [0.4, 0.5) is 5.69 Å². The Morgan fingerprint density at radius 3 is 2.67 bits per heavy atom. The lowest BCUT2D eigenvalue weighted by atomic mass is 9.92. The van der Waals surface area contributed by atoms with Crippen LogP contribution in [0.5, 0.6) is 0 Å². The molecule has 0 heterocycles. The van der Waals surface area contributed by atoms with Gasteiger partial charge in [-0.05, 0) is 36.3 Å². The first-order valence-corrected chi connectivity index (χ1v) is 7.07. The second-order valence-electron chi connectivity index (χ2n) is 5.40. The van der Waals surface area contributed by atoms with Gasteiger partial charge in [-0.15, -0.1) is 0 Å². The molecule has 1 aromatic rings. The van der Waals surface area contributed by atoms with Crippen LogP contribution in [0.1, 0.15) is 32.3 Å². The first-order valence-electron chi connectivity index (χ1n) is 6.28. The van der Waals surface area contributed by atoms with Crippen LogP contribution in [0.3, 0.4) is 0 Å². The van der Waals surface area contributed by atoms with E-state index in [0.29, 0.717) is 21.3 Å². The Balaban J connectivity index is 2.15. The number of nitrogens with one attached hydrogen (secondary N) is 1. The van der Waals surface area contributed by atoms with Gasteiger partial charge in [0.2, 0.25) is 0 Å². The second kappa shape index (κ2) is 5.06. The van der Waals surface area contributed by atoms with Crippen LogP contribution in [0.25, 0.3) is 0 Å². The lowest BCUT2D eigenvalue weighted by molar-refractivity contribution is 0.380. The minimum absolute atomic E-state index is 0.345. The lowest BCUT2D eigenvalue weighted by Crippen LogP contribution is -2.22. The average Bonchev–Trinajstić information content (AvgIpc) is 3.06. The molecule has 0 radical (unpaired) electrons. The fourth-order valence-electron chi connectivity index (χ4n) is 2.31. The highest BCUT2D eigenvalue weighted by atomic mass is 35.5. The van der Waals surface area contributed by atoms with Crippen molar-refractivity contribution >= 4 is 34.5 Å². The minimum Gasteiger partial charge on any atom is -0.389 e. The van der Waals surface area contributed by atoms with Crippen LogP contribution in [-0.4, -0.2) is 11.5 Å². The highest BCUT2D eigenvalue weighted by Crippen LogP contribution is 2.51. The Morgan fingerprint density at radius 1 is 1.50 bits per heavy atom. The molecule has 18 heavy (non-hydrogen) atoms. The minimum atomic E-state index is 0.345. The molecule has 1 aliphatic carbocycles. The van der Waals surface area contributed by atoms with E-state index >= 15 is 0 Å². The fraction of sp³-hybridized carbons (Fsp3) is 0.500. The van der Waals surface area contributed by atoms with Crippen LogP contribution in [-0.2, 0) is 0 Å². The largest absolute Gasteiger partial charge is 0.389 e. The van der Waals surface area contributed by atoms with Crippen LogP contribution in [0.15, 0.2) is 18.2 Å². The summed E-state index contributed by atoms with van der Waals surface area (Å²) in [5.41, 5.74) is 7.88. The number of rotatable bonds is 5. The molecule has 1 saturated carbocycles. The molecule has 0 saturated heterocycles. The van der Waals surface area contributed by atoms with Gasteiger partial charge in [0.1, 0.15) is 4.99 Å². The van der Waals surface area contributed by atoms with Crippen molar-refractivity contribution in [1.29, 1.82) is 0 Å². The van der Waals surface area contributed by atoms with Crippen molar-refractivity contribution < 1.29 is 0 Å². The molecular weight excluding hydrogens is 264 g/mol. The van der Waals surface area contributed by atoms with Gasteiger partial charge in [0.05, 0.1) is 10.6 Å². The number of nitrogens with two attached hydrogens (primary N) is 1. The fourth-order valence-corrected chi connectivity index (χ4v) is 2.86. The summed E-state index contributed by atoms with van der Waals surface area (Å²) in [4.78, 5) is 0.345. The van der Waals surface area contributed by atoms with E-state index in [4.69, 9.17) is 29.6 Å². The second-order valence-corrected chi connectivity index (χ2v) is 6.24. The van der Waals surface area contributed by atoms with E-state index in [-0.39, 0.29) is 0 Å². The quantitative estimate of drug-likeness (QED) is 0.806. The van der Waals surface area contributed by atoms with Gasteiger partial charge in [-0.25, -0.2) is 0 Å². The topological polar surface area (TPSA) is 38.0 Å². The summed E-state index contributed by atoms with van der Waals surface area (Å²) in [5, 5.41) is 4.08. The molecule has 3 N–H and O–H groups in total. The predicted molar refractivity (Wildman–Crippen MR) is 82.3 cm³/mol. The molecule has 0 aromatic heterocycles. The number of halogens is 1. The summed E-state index contributed by atoms with van der Waals surface area (Å²) < 4.78 is 0. The van der Waals surface area contributed by atoms with Crippen molar-refractivity contribution in [2.24, 2.45) is 17.1 Å². The smallest absolute Gasteiger partial charge is 0.107 e. The molecule has 98 valence electrons. The zero-order valence-electron chi connectivity index (χ0n) is 10.8. The van der Waals surface area contributed by atoms with E-state index in [9.17, 15) is 0 Å². The molecule has 2 nitrogen and oxygen atoms in total. The number of hydrogen-bond donors (Lipinski definition) is 2. The molecule has 0 atom stereocenters. The zero-order chi connectivity index (χ0) is 13.3. The van der Waals surface area contributed by atoms with E-state index in [1.54, 1.807) is 0 Å². The summed E-state index contributed by atoms with van der Waals surface area (Å²) in [5.74, 6) is 0.692. The number of benzene rings is 1. The first kappa shape index (κ1) is 13.6. The van der Waals surface area contributed by atoms with Gasteiger partial charge in [0.25, 0.3) is 0 Å². The Labute approximate surface area is 119 Å². The third-order valence-corrected chi connectivity index (χ3v) is 4.53. The highest BCUT2D eigenvalue weighted by molar-refractivity contribution is 7.80. The standard InChI is InChI=1S/C14H19ClN2S/c1-9(2)14(6-7-14)8-17-11-5-3-4-10(15)12(11)13(16)18/h3-5,9,17H,6-8H2,1-2H3,(H2,16,18). The van der Waals surface area contributed by atoms with Gasteiger partial charge in [0.15, 0.2) is 0 Å². The average molecular weight is 283 g/mol. The normalized spacial score (nSPS) is 16.7. The van der Waals surface area contributed by atoms with E-state index in [2.05, 4.69) is 19.2 Å². The van der Waals surface area contributed by atoms with E-state index < -0.39 is 0 Å².